The van der Waals surface area contributed by atoms with Gasteiger partial charge in [-0.25, -0.2) is 4.79 Å². The van der Waals surface area contributed by atoms with Crippen LogP contribution in [0.4, 0.5) is 4.79 Å². The van der Waals surface area contributed by atoms with Crippen molar-refractivity contribution in [1.29, 1.82) is 0 Å². The van der Waals surface area contributed by atoms with Crippen LogP contribution in [0.1, 0.15) is 6.42 Å². The van der Waals surface area contributed by atoms with Gasteiger partial charge in [-0.15, -0.1) is 0 Å². The second-order valence-corrected chi connectivity index (χ2v) is 2.87. The molecule has 3 nitrogen and oxygen atoms in total. The van der Waals surface area contributed by atoms with E-state index in [4.69, 9.17) is 0 Å². The van der Waals surface area contributed by atoms with Crippen molar-refractivity contribution < 1.29 is 9.53 Å². The van der Waals surface area contributed by atoms with E-state index < -0.39 is 0 Å². The molecule has 1 saturated heterocycles. The molecule has 0 radical (unpaired) electrons. The number of nitrogens with zero attached hydrogens (tertiary/aromatic N) is 1. The number of carbonyl (C=O) groups excluding carboxylic acids is 1. The molecule has 0 N–H and O–H groups in total. The summed E-state index contributed by atoms with van der Waals surface area (Å²) in [5.41, 5.74) is 0. The van der Waals surface area contributed by atoms with E-state index in [1.54, 1.807) is 4.31 Å². The first-order valence-corrected chi connectivity index (χ1v) is 3.77. The van der Waals surface area contributed by atoms with Crippen molar-refractivity contribution in [2.45, 2.75) is 6.42 Å². The standard InChI is InChI=1S/C5H9NO2S/c1-8-5(7)6-3-2-4-9-6/h2-4H2,1H3. The summed E-state index contributed by atoms with van der Waals surface area (Å²) in [6.45, 7) is 0.831. The van der Waals surface area contributed by atoms with Crippen molar-refractivity contribution in [2.75, 3.05) is 19.4 Å². The maximum absolute atomic E-state index is 10.7. The quantitative estimate of drug-likeness (QED) is 0.481. The van der Waals surface area contributed by atoms with E-state index in [1.807, 2.05) is 0 Å². The van der Waals surface area contributed by atoms with Crippen molar-refractivity contribution >= 4 is 18.0 Å². The number of hydrogen-bond donors (Lipinski definition) is 0. The molecule has 9 heavy (non-hydrogen) atoms. The Morgan fingerprint density at radius 1 is 1.78 bits per heavy atom. The molecule has 1 heterocycles. The van der Waals surface area contributed by atoms with E-state index in [0.717, 1.165) is 18.7 Å². The lowest BCUT2D eigenvalue weighted by molar-refractivity contribution is 0.153. The largest absolute Gasteiger partial charge is 0.452 e. The van der Waals surface area contributed by atoms with Gasteiger partial charge in [0.05, 0.1) is 7.11 Å². The number of amides is 1. The van der Waals surface area contributed by atoms with Gasteiger partial charge in [-0.05, 0) is 18.4 Å². The van der Waals surface area contributed by atoms with Gasteiger partial charge in [-0.1, -0.05) is 0 Å². The van der Waals surface area contributed by atoms with Gasteiger partial charge in [-0.2, -0.15) is 0 Å². The highest BCUT2D eigenvalue weighted by Crippen LogP contribution is 2.19. The molecule has 1 rings (SSSR count). The summed E-state index contributed by atoms with van der Waals surface area (Å²) >= 11 is 1.53. The van der Waals surface area contributed by atoms with Crippen LogP contribution in [0.5, 0.6) is 0 Å². The smallest absolute Gasteiger partial charge is 0.419 e. The summed E-state index contributed by atoms with van der Waals surface area (Å²) < 4.78 is 6.14. The van der Waals surface area contributed by atoms with E-state index in [1.165, 1.54) is 19.1 Å². The van der Waals surface area contributed by atoms with Gasteiger partial charge in [0.15, 0.2) is 0 Å². The van der Waals surface area contributed by atoms with Gasteiger partial charge in [0, 0.05) is 12.3 Å². The van der Waals surface area contributed by atoms with Crippen LogP contribution in [0.15, 0.2) is 0 Å². The van der Waals surface area contributed by atoms with Crippen molar-refractivity contribution in [1.82, 2.24) is 4.31 Å². The van der Waals surface area contributed by atoms with Gasteiger partial charge < -0.3 is 4.74 Å². The third kappa shape index (κ3) is 1.51. The van der Waals surface area contributed by atoms with Crippen molar-refractivity contribution in [3.63, 3.8) is 0 Å². The number of methoxy groups -OCH3 is 1. The minimum absolute atomic E-state index is 0.225. The molecule has 0 aromatic rings. The zero-order valence-electron chi connectivity index (χ0n) is 5.29. The molecule has 1 aliphatic rings. The van der Waals surface area contributed by atoms with Crippen molar-refractivity contribution in [2.24, 2.45) is 0 Å². The monoisotopic (exact) mass is 147 g/mol. The molecule has 0 spiro atoms. The molecule has 0 atom stereocenters. The second-order valence-electron chi connectivity index (χ2n) is 1.76. The Kier molecular flexibility index (Phi) is 2.22. The average Bonchev–Trinajstić information content (AvgIpc) is 2.37. The molecule has 0 bridgehead atoms. The van der Waals surface area contributed by atoms with Crippen LogP contribution < -0.4 is 0 Å². The molecule has 1 aliphatic heterocycles. The predicted molar refractivity (Wildman–Crippen MR) is 36.2 cm³/mol. The van der Waals surface area contributed by atoms with Crippen LogP contribution in [0, 0.1) is 0 Å². The SMILES string of the molecule is COC(=O)N1CCCS1. The molecule has 52 valence electrons. The lowest BCUT2D eigenvalue weighted by atomic mass is 10.5. The molecule has 0 aromatic heterocycles. The summed E-state index contributed by atoms with van der Waals surface area (Å²) in [6, 6.07) is 0. The first kappa shape index (κ1) is 6.74. The van der Waals surface area contributed by atoms with Gasteiger partial charge in [0.25, 0.3) is 0 Å². The van der Waals surface area contributed by atoms with Gasteiger partial charge in [-0.3, -0.25) is 4.31 Å². The average molecular weight is 147 g/mol. The summed E-state index contributed by atoms with van der Waals surface area (Å²) in [5.74, 6) is 1.04. The zero-order chi connectivity index (χ0) is 6.69. The summed E-state index contributed by atoms with van der Waals surface area (Å²) in [5, 5.41) is 0. The highest BCUT2D eigenvalue weighted by molar-refractivity contribution is 7.97. The van der Waals surface area contributed by atoms with Gasteiger partial charge in [0.1, 0.15) is 0 Å². The fraction of sp³-hybridized carbons (Fsp3) is 0.800. The predicted octanol–water partition coefficient (Wildman–Crippen LogP) is 1.11. The number of hydrogen-bond acceptors (Lipinski definition) is 3. The molecule has 0 aliphatic carbocycles. The highest BCUT2D eigenvalue weighted by atomic mass is 32.2. The molecular formula is C5H9NO2S. The molecule has 0 saturated carbocycles. The van der Waals surface area contributed by atoms with Crippen LogP contribution in [0.2, 0.25) is 0 Å². The topological polar surface area (TPSA) is 29.5 Å². The van der Waals surface area contributed by atoms with Crippen LogP contribution in [0.3, 0.4) is 0 Å². The van der Waals surface area contributed by atoms with Crippen molar-refractivity contribution in [3.05, 3.63) is 0 Å². The molecule has 0 aromatic carbocycles. The normalized spacial score (nSPS) is 18.1. The third-order valence-corrected chi connectivity index (χ3v) is 2.25. The van der Waals surface area contributed by atoms with E-state index >= 15 is 0 Å². The fourth-order valence-corrected chi connectivity index (χ4v) is 1.61. The number of carbonyl (C=O) groups is 1. The Labute approximate surface area is 58.5 Å². The Bertz CT molecular complexity index is 112. The Morgan fingerprint density at radius 2 is 2.56 bits per heavy atom. The first-order valence-electron chi connectivity index (χ1n) is 2.83. The lowest BCUT2D eigenvalue weighted by Crippen LogP contribution is -2.20. The Morgan fingerprint density at radius 3 is 3.00 bits per heavy atom. The van der Waals surface area contributed by atoms with Crippen LogP contribution in [-0.2, 0) is 4.74 Å². The molecule has 1 fully saturated rings. The minimum Gasteiger partial charge on any atom is -0.452 e. The second kappa shape index (κ2) is 2.96. The molecular weight excluding hydrogens is 138 g/mol. The third-order valence-electron chi connectivity index (χ3n) is 1.13. The number of ether oxygens (including phenoxy) is 1. The van der Waals surface area contributed by atoms with Gasteiger partial charge in [0.2, 0.25) is 0 Å². The summed E-state index contributed by atoms with van der Waals surface area (Å²) in [7, 11) is 1.40. The Hall–Kier alpha value is -0.380. The van der Waals surface area contributed by atoms with E-state index in [-0.39, 0.29) is 6.09 Å². The lowest BCUT2D eigenvalue weighted by Gasteiger charge is -2.09. The molecule has 1 amide bonds. The fourth-order valence-electron chi connectivity index (χ4n) is 0.693. The molecule has 0 unspecified atom stereocenters. The van der Waals surface area contributed by atoms with E-state index in [0.29, 0.717) is 0 Å². The maximum Gasteiger partial charge on any atom is 0.419 e. The summed E-state index contributed by atoms with van der Waals surface area (Å²) in [6.07, 6.45) is 0.859. The van der Waals surface area contributed by atoms with Crippen molar-refractivity contribution in [3.8, 4) is 0 Å². The van der Waals surface area contributed by atoms with Crippen LogP contribution >= 0.6 is 11.9 Å². The summed E-state index contributed by atoms with van der Waals surface area (Å²) in [4.78, 5) is 10.7. The zero-order valence-corrected chi connectivity index (χ0v) is 6.11. The Balaban J connectivity index is 2.32. The minimum atomic E-state index is -0.225. The molecule has 4 heteroatoms. The van der Waals surface area contributed by atoms with E-state index in [2.05, 4.69) is 4.74 Å². The van der Waals surface area contributed by atoms with Crippen LogP contribution in [0.25, 0.3) is 0 Å². The van der Waals surface area contributed by atoms with Crippen LogP contribution in [-0.4, -0.2) is 29.8 Å². The first-order chi connectivity index (χ1) is 4.34. The maximum atomic E-state index is 10.7. The van der Waals surface area contributed by atoms with Gasteiger partial charge >= 0.3 is 6.09 Å². The number of rotatable bonds is 0. The highest BCUT2D eigenvalue weighted by Gasteiger charge is 2.18. The van der Waals surface area contributed by atoms with E-state index in [9.17, 15) is 4.79 Å².